The molecule has 1 radical (unpaired) electrons. The molecule has 0 amide bonds. The zero-order valence-corrected chi connectivity index (χ0v) is 28.1. The summed E-state index contributed by atoms with van der Waals surface area (Å²) < 4.78 is 58.8. The van der Waals surface area contributed by atoms with Gasteiger partial charge in [0.05, 0.1) is 21.3 Å². The largest absolute Gasteiger partial charge is 0.492 e. The third-order valence-corrected chi connectivity index (χ3v) is 13.0. The molecule has 9 heteroatoms. The van der Waals surface area contributed by atoms with Gasteiger partial charge in [-0.05, 0) is 92.4 Å². The van der Waals surface area contributed by atoms with E-state index in [2.05, 4.69) is 11.0 Å². The lowest BCUT2D eigenvalue weighted by molar-refractivity contribution is 0.183. The molecule has 0 unspecified atom stereocenters. The average molecular weight is 653 g/mol. The first-order chi connectivity index (χ1) is 21.2. The van der Waals surface area contributed by atoms with Gasteiger partial charge in [-0.2, -0.15) is 0 Å². The van der Waals surface area contributed by atoms with Crippen molar-refractivity contribution in [2.24, 2.45) is 0 Å². The fourth-order valence-electron chi connectivity index (χ4n) is 5.61. The minimum atomic E-state index is -3.39. The number of hydrogen-bond donors (Lipinski definition) is 0. The molecule has 1 fully saturated rings. The molecular weight excluding hydrogens is 611 g/mol. The number of piperidine rings is 1. The van der Waals surface area contributed by atoms with E-state index < -0.39 is 19.7 Å². The minimum Gasteiger partial charge on any atom is -0.492 e. The highest BCUT2D eigenvalue weighted by Gasteiger charge is 2.21. The Morgan fingerprint density at radius 3 is 2.16 bits per heavy atom. The van der Waals surface area contributed by atoms with Crippen LogP contribution in [-0.4, -0.2) is 59.5 Å². The quantitative estimate of drug-likeness (QED) is 0.137. The molecule has 235 valence electrons. The number of rotatable bonds is 14. The molecule has 0 bridgehead atoms. The van der Waals surface area contributed by atoms with Gasteiger partial charge in [0.25, 0.3) is 0 Å². The van der Waals surface area contributed by atoms with Crippen LogP contribution in [-0.2, 0) is 19.7 Å². The number of thiophene rings is 1. The molecule has 6 nitrogen and oxygen atoms in total. The molecule has 0 N–H and O–H groups in total. The number of benzene rings is 3. The number of ether oxygens (including phenoxy) is 1. The second-order valence-corrected chi connectivity index (χ2v) is 16.8. The summed E-state index contributed by atoms with van der Waals surface area (Å²) in [6.07, 6.45) is 6.66. The van der Waals surface area contributed by atoms with Crippen LogP contribution in [0.25, 0.3) is 31.7 Å². The normalized spacial score (nSPS) is 14.7. The zero-order valence-electron chi connectivity index (χ0n) is 25.7. The Balaban J connectivity index is 1.52. The lowest BCUT2D eigenvalue weighted by atomic mass is 9.98. The fourth-order valence-corrected chi connectivity index (χ4v) is 9.88. The maximum atomic E-state index is 13.1. The van der Waals surface area contributed by atoms with Crippen molar-refractivity contribution in [2.45, 2.75) is 68.6 Å². The molecular formula is C35H42NO5S3. The zero-order chi connectivity index (χ0) is 31.2. The molecule has 1 aliphatic heterocycles. The van der Waals surface area contributed by atoms with Gasteiger partial charge in [0, 0.05) is 27.1 Å². The van der Waals surface area contributed by atoms with Gasteiger partial charge in [0.1, 0.15) is 12.4 Å². The molecule has 4 aromatic rings. The van der Waals surface area contributed by atoms with Crippen molar-refractivity contribution in [1.82, 2.24) is 4.90 Å². The van der Waals surface area contributed by atoms with Crippen molar-refractivity contribution in [2.75, 3.05) is 37.7 Å². The molecule has 0 aliphatic carbocycles. The predicted molar refractivity (Wildman–Crippen MR) is 181 cm³/mol. The van der Waals surface area contributed by atoms with Crippen LogP contribution in [0.4, 0.5) is 0 Å². The topological polar surface area (TPSA) is 80.8 Å². The average Bonchev–Trinajstić information content (AvgIpc) is 3.43. The van der Waals surface area contributed by atoms with E-state index in [9.17, 15) is 16.8 Å². The molecule has 44 heavy (non-hydrogen) atoms. The van der Waals surface area contributed by atoms with E-state index in [-0.39, 0.29) is 11.5 Å². The van der Waals surface area contributed by atoms with Gasteiger partial charge in [-0.1, -0.05) is 57.4 Å². The summed E-state index contributed by atoms with van der Waals surface area (Å²) in [6, 6.07) is 21.6. The highest BCUT2D eigenvalue weighted by molar-refractivity contribution is 7.91. The van der Waals surface area contributed by atoms with E-state index in [0.29, 0.717) is 29.2 Å². The van der Waals surface area contributed by atoms with Crippen LogP contribution >= 0.6 is 11.3 Å². The monoisotopic (exact) mass is 652 g/mol. The summed E-state index contributed by atoms with van der Waals surface area (Å²) in [7, 11) is -6.75. The molecule has 2 heterocycles. The van der Waals surface area contributed by atoms with Gasteiger partial charge >= 0.3 is 0 Å². The first-order valence-electron chi connectivity index (χ1n) is 15.7. The molecule has 0 saturated carbocycles. The number of likely N-dealkylation sites (tertiary alicyclic amines) is 1. The molecule has 1 saturated heterocycles. The summed E-state index contributed by atoms with van der Waals surface area (Å²) in [6.45, 7) is 7.70. The Hall–Kier alpha value is -2.72. The van der Waals surface area contributed by atoms with E-state index in [0.717, 1.165) is 69.9 Å². The molecule has 1 aromatic heterocycles. The maximum Gasteiger partial charge on any atom is 0.178 e. The first kappa shape index (κ1) is 32.7. The van der Waals surface area contributed by atoms with Crippen LogP contribution < -0.4 is 4.74 Å². The first-order valence-corrected chi connectivity index (χ1v) is 19.8. The van der Waals surface area contributed by atoms with Gasteiger partial charge in [0.15, 0.2) is 19.7 Å². The van der Waals surface area contributed by atoms with E-state index in [4.69, 9.17) is 4.74 Å². The van der Waals surface area contributed by atoms with Crippen LogP contribution in [0, 0.1) is 6.07 Å². The van der Waals surface area contributed by atoms with Gasteiger partial charge < -0.3 is 4.74 Å². The molecule has 0 spiro atoms. The third-order valence-electron chi connectivity index (χ3n) is 8.20. The summed E-state index contributed by atoms with van der Waals surface area (Å²) in [4.78, 5) is 4.02. The molecule has 1 aliphatic rings. The third kappa shape index (κ3) is 7.73. The molecule has 5 rings (SSSR count). The molecule has 0 atom stereocenters. The van der Waals surface area contributed by atoms with Crippen LogP contribution in [0.5, 0.6) is 5.75 Å². The smallest absolute Gasteiger partial charge is 0.178 e. The second-order valence-electron chi connectivity index (χ2n) is 11.5. The Labute approximate surface area is 266 Å². The van der Waals surface area contributed by atoms with E-state index in [1.807, 2.05) is 50.2 Å². The summed E-state index contributed by atoms with van der Waals surface area (Å²) in [5.41, 5.74) is 2.66. The van der Waals surface area contributed by atoms with Gasteiger partial charge in [-0.3, -0.25) is 4.90 Å². The van der Waals surface area contributed by atoms with Gasteiger partial charge in [-0.15, -0.1) is 11.3 Å². The van der Waals surface area contributed by atoms with E-state index in [1.54, 1.807) is 24.3 Å². The highest BCUT2D eigenvalue weighted by atomic mass is 32.2. The van der Waals surface area contributed by atoms with E-state index in [1.165, 1.54) is 30.6 Å². The fraction of sp³-hybridized carbons (Fsp3) is 0.429. The summed E-state index contributed by atoms with van der Waals surface area (Å²) >= 11 is 1.51. The predicted octanol–water partition coefficient (Wildman–Crippen LogP) is 8.05. The number of sulfone groups is 2. The van der Waals surface area contributed by atoms with Crippen molar-refractivity contribution >= 4 is 41.1 Å². The summed E-state index contributed by atoms with van der Waals surface area (Å²) in [5.74, 6) is 1.02. The van der Waals surface area contributed by atoms with E-state index >= 15 is 0 Å². The molecule has 3 aromatic carbocycles. The number of nitrogens with zero attached hydrogens (tertiary/aromatic N) is 1. The van der Waals surface area contributed by atoms with Crippen LogP contribution in [0.2, 0.25) is 0 Å². The standard InChI is InChI=1S/C35H42NO5S3/c1-3-5-23-43(37,38)30-15-13-27(14-16-30)35-34(32-18-17-31(26-33(32)42-35)44(39,40)24-6-4-2)28-11-10-12-29(25-28)41-22-21-36-19-8-7-9-20-36/h10,12-18,25-26H,3-9,19-24H2,1-2H3. The van der Waals surface area contributed by atoms with Gasteiger partial charge in [-0.25, -0.2) is 16.8 Å². The number of hydrogen-bond acceptors (Lipinski definition) is 7. The van der Waals surface area contributed by atoms with Crippen molar-refractivity contribution in [1.29, 1.82) is 0 Å². The Morgan fingerprint density at radius 2 is 1.48 bits per heavy atom. The van der Waals surface area contributed by atoms with Crippen LogP contribution in [0.1, 0.15) is 58.8 Å². The van der Waals surface area contributed by atoms with Crippen molar-refractivity contribution in [3.8, 4) is 27.3 Å². The van der Waals surface area contributed by atoms with Crippen molar-refractivity contribution < 1.29 is 21.6 Å². The second kappa shape index (κ2) is 14.6. The Kier molecular flexibility index (Phi) is 10.8. The lowest BCUT2D eigenvalue weighted by Crippen LogP contribution is -2.33. The lowest BCUT2D eigenvalue weighted by Gasteiger charge is -2.26. The number of fused-ring (bicyclic) bond motifs is 1. The van der Waals surface area contributed by atoms with Crippen LogP contribution in [0.15, 0.2) is 70.5 Å². The van der Waals surface area contributed by atoms with Crippen molar-refractivity contribution in [3.05, 3.63) is 66.7 Å². The SMILES string of the molecule is CCCCS(=O)(=O)c1ccc(-c2sc3cc(S(=O)(=O)CCCC)ccc3c2-c2[c]ccc(OCCN3CCCCC3)c2)cc1. The maximum absolute atomic E-state index is 13.1. The highest BCUT2D eigenvalue weighted by Crippen LogP contribution is 2.46. The Bertz CT molecular complexity index is 1770. The Morgan fingerprint density at radius 1 is 0.818 bits per heavy atom. The number of unbranched alkanes of at least 4 members (excludes halogenated alkanes) is 2. The summed E-state index contributed by atoms with van der Waals surface area (Å²) in [5, 5.41) is 0.931. The minimum absolute atomic E-state index is 0.124. The van der Waals surface area contributed by atoms with Crippen molar-refractivity contribution in [3.63, 3.8) is 0 Å². The van der Waals surface area contributed by atoms with Crippen LogP contribution in [0.3, 0.4) is 0 Å². The van der Waals surface area contributed by atoms with Gasteiger partial charge in [0.2, 0.25) is 0 Å².